The molecule has 0 saturated carbocycles. The Hall–Kier alpha value is -1.33. The van der Waals surface area contributed by atoms with Gasteiger partial charge in [0.1, 0.15) is 5.25 Å². The van der Waals surface area contributed by atoms with E-state index in [1.54, 1.807) is 11.3 Å². The molecular formula is C13H11NO2S2. The molecule has 1 atom stereocenters. The van der Waals surface area contributed by atoms with Crippen molar-refractivity contribution in [2.45, 2.75) is 16.0 Å². The fourth-order valence-electron chi connectivity index (χ4n) is 1.76. The van der Waals surface area contributed by atoms with Crippen molar-refractivity contribution >= 4 is 29.1 Å². The molecule has 5 heteroatoms. The molecule has 0 bridgehead atoms. The average molecular weight is 277 g/mol. The predicted octanol–water partition coefficient (Wildman–Crippen LogP) is 3.22. The Morgan fingerprint density at radius 3 is 2.89 bits per heavy atom. The minimum atomic E-state index is -0.114. The highest BCUT2D eigenvalue weighted by Crippen LogP contribution is 2.33. The van der Waals surface area contributed by atoms with E-state index >= 15 is 0 Å². The summed E-state index contributed by atoms with van der Waals surface area (Å²) in [7, 11) is 0. The molecule has 92 valence electrons. The van der Waals surface area contributed by atoms with E-state index in [0.717, 1.165) is 22.0 Å². The number of cyclic esters (lactones) is 1. The van der Waals surface area contributed by atoms with Crippen LogP contribution in [0, 0.1) is 0 Å². The van der Waals surface area contributed by atoms with Crippen LogP contribution in [0.2, 0.25) is 0 Å². The van der Waals surface area contributed by atoms with Crippen molar-refractivity contribution < 1.29 is 9.53 Å². The molecule has 3 nitrogen and oxygen atoms in total. The fourth-order valence-corrected chi connectivity index (χ4v) is 3.80. The van der Waals surface area contributed by atoms with Crippen LogP contribution in [-0.2, 0) is 9.53 Å². The van der Waals surface area contributed by atoms with Crippen molar-refractivity contribution in [2.75, 3.05) is 6.61 Å². The molecule has 3 rings (SSSR count). The lowest BCUT2D eigenvalue weighted by Gasteiger charge is -2.00. The van der Waals surface area contributed by atoms with Crippen molar-refractivity contribution in [1.29, 1.82) is 0 Å². The van der Waals surface area contributed by atoms with E-state index in [4.69, 9.17) is 4.74 Å². The first-order chi connectivity index (χ1) is 8.83. The number of aromatic nitrogens is 1. The molecule has 0 N–H and O–H groups in total. The maximum Gasteiger partial charge on any atom is 0.319 e. The van der Waals surface area contributed by atoms with Gasteiger partial charge >= 0.3 is 5.97 Å². The van der Waals surface area contributed by atoms with Gasteiger partial charge in [0.2, 0.25) is 0 Å². The monoisotopic (exact) mass is 277 g/mol. The Labute approximate surface area is 113 Å². The number of carbonyl (C=O) groups is 1. The van der Waals surface area contributed by atoms with Crippen LogP contribution in [-0.4, -0.2) is 22.8 Å². The summed E-state index contributed by atoms with van der Waals surface area (Å²) in [4.78, 5) is 15.9. The molecule has 0 unspecified atom stereocenters. The molecule has 1 fully saturated rings. The summed E-state index contributed by atoms with van der Waals surface area (Å²) in [5, 5.41) is 1.94. The molecule has 0 radical (unpaired) electrons. The van der Waals surface area contributed by atoms with E-state index < -0.39 is 0 Å². The third-order valence-corrected chi connectivity index (χ3v) is 4.90. The van der Waals surface area contributed by atoms with Gasteiger partial charge in [-0.1, -0.05) is 42.1 Å². The number of esters is 1. The number of hydrogen-bond acceptors (Lipinski definition) is 5. The maximum atomic E-state index is 11.4. The van der Waals surface area contributed by atoms with Gasteiger partial charge in [0.25, 0.3) is 0 Å². The van der Waals surface area contributed by atoms with Gasteiger partial charge in [0.05, 0.1) is 12.3 Å². The lowest BCUT2D eigenvalue weighted by molar-refractivity contribution is -0.137. The zero-order chi connectivity index (χ0) is 12.4. The van der Waals surface area contributed by atoms with Crippen LogP contribution >= 0.6 is 23.1 Å². The maximum absolute atomic E-state index is 11.4. The Morgan fingerprint density at radius 2 is 2.17 bits per heavy atom. The van der Waals surface area contributed by atoms with E-state index in [1.807, 2.05) is 35.7 Å². The first kappa shape index (κ1) is 11.7. The summed E-state index contributed by atoms with van der Waals surface area (Å²) in [5.41, 5.74) is 2.07. The molecule has 1 aliphatic heterocycles. The highest BCUT2D eigenvalue weighted by molar-refractivity contribution is 8.02. The third-order valence-electron chi connectivity index (χ3n) is 2.68. The number of hydrogen-bond donors (Lipinski definition) is 0. The quantitative estimate of drug-likeness (QED) is 0.808. The minimum Gasteiger partial charge on any atom is -0.465 e. The summed E-state index contributed by atoms with van der Waals surface area (Å²) < 4.78 is 5.87. The first-order valence-corrected chi connectivity index (χ1v) is 7.43. The van der Waals surface area contributed by atoms with Crippen molar-refractivity contribution in [3.05, 3.63) is 35.7 Å². The molecule has 0 spiro atoms. The van der Waals surface area contributed by atoms with E-state index in [-0.39, 0.29) is 11.2 Å². The van der Waals surface area contributed by atoms with E-state index in [0.29, 0.717) is 6.61 Å². The van der Waals surface area contributed by atoms with Gasteiger partial charge in [-0.25, -0.2) is 4.98 Å². The second-order valence-corrected chi connectivity index (χ2v) is 6.24. The molecule has 1 aliphatic rings. The first-order valence-electron chi connectivity index (χ1n) is 5.67. The van der Waals surface area contributed by atoms with Crippen LogP contribution in [0.3, 0.4) is 0 Å². The molecule has 2 aromatic rings. The Morgan fingerprint density at radius 1 is 1.33 bits per heavy atom. The smallest absolute Gasteiger partial charge is 0.319 e. The van der Waals surface area contributed by atoms with Gasteiger partial charge in [0.15, 0.2) is 4.34 Å². The third kappa shape index (κ3) is 2.42. The Balaban J connectivity index is 1.76. The molecule has 1 aromatic carbocycles. The van der Waals surface area contributed by atoms with Gasteiger partial charge in [-0.05, 0) is 0 Å². The van der Waals surface area contributed by atoms with Crippen LogP contribution in [0.25, 0.3) is 11.3 Å². The summed E-state index contributed by atoms with van der Waals surface area (Å²) in [5.74, 6) is -0.114. The number of rotatable bonds is 3. The Kier molecular flexibility index (Phi) is 3.34. The lowest BCUT2D eigenvalue weighted by atomic mass is 10.2. The summed E-state index contributed by atoms with van der Waals surface area (Å²) >= 11 is 3.09. The molecule has 0 aliphatic carbocycles. The highest BCUT2D eigenvalue weighted by Gasteiger charge is 2.28. The zero-order valence-electron chi connectivity index (χ0n) is 9.54. The molecule has 2 heterocycles. The predicted molar refractivity (Wildman–Crippen MR) is 72.8 cm³/mol. The minimum absolute atomic E-state index is 0.0835. The van der Waals surface area contributed by atoms with Crippen LogP contribution in [0.15, 0.2) is 40.1 Å². The zero-order valence-corrected chi connectivity index (χ0v) is 11.2. The largest absolute Gasteiger partial charge is 0.465 e. The standard InChI is InChI=1S/C13H11NO2S2/c15-12-11(6-7-16-12)18-13-14-10(8-17-13)9-4-2-1-3-5-9/h1-5,8,11H,6-7H2/t11-/m1/s1. The van der Waals surface area contributed by atoms with Gasteiger partial charge in [0, 0.05) is 17.4 Å². The number of thioether (sulfide) groups is 1. The van der Waals surface area contributed by atoms with Gasteiger partial charge in [-0.2, -0.15) is 0 Å². The number of ether oxygens (including phenoxy) is 1. The second-order valence-electron chi connectivity index (χ2n) is 3.93. The summed E-state index contributed by atoms with van der Waals surface area (Å²) in [6.45, 7) is 0.535. The van der Waals surface area contributed by atoms with Crippen molar-refractivity contribution in [2.24, 2.45) is 0 Å². The highest BCUT2D eigenvalue weighted by atomic mass is 32.2. The molecule has 0 amide bonds. The summed E-state index contributed by atoms with van der Waals surface area (Å²) in [6, 6.07) is 10.0. The summed E-state index contributed by atoms with van der Waals surface area (Å²) in [6.07, 6.45) is 0.781. The molecule has 1 aromatic heterocycles. The van der Waals surface area contributed by atoms with Crippen LogP contribution < -0.4 is 0 Å². The second kappa shape index (κ2) is 5.12. The van der Waals surface area contributed by atoms with Gasteiger partial charge < -0.3 is 4.74 Å². The number of nitrogens with zero attached hydrogens (tertiary/aromatic N) is 1. The number of carbonyl (C=O) groups excluding carboxylic acids is 1. The fraction of sp³-hybridized carbons (Fsp3) is 0.231. The van der Waals surface area contributed by atoms with Gasteiger partial charge in [-0.3, -0.25) is 4.79 Å². The average Bonchev–Trinajstić information content (AvgIpc) is 3.02. The SMILES string of the molecule is O=C1OCC[C@H]1Sc1nc(-c2ccccc2)cs1. The molecule has 18 heavy (non-hydrogen) atoms. The van der Waals surface area contributed by atoms with Crippen LogP contribution in [0.4, 0.5) is 0 Å². The van der Waals surface area contributed by atoms with E-state index in [2.05, 4.69) is 4.98 Å². The lowest BCUT2D eigenvalue weighted by Crippen LogP contribution is -2.08. The molecular weight excluding hydrogens is 266 g/mol. The number of thiazole rings is 1. The van der Waals surface area contributed by atoms with E-state index in [9.17, 15) is 4.79 Å². The Bertz CT molecular complexity index is 553. The van der Waals surface area contributed by atoms with Crippen LogP contribution in [0.5, 0.6) is 0 Å². The van der Waals surface area contributed by atoms with Gasteiger partial charge in [-0.15, -0.1) is 11.3 Å². The van der Waals surface area contributed by atoms with E-state index in [1.165, 1.54) is 11.8 Å². The van der Waals surface area contributed by atoms with Crippen molar-refractivity contribution in [1.82, 2.24) is 4.98 Å². The van der Waals surface area contributed by atoms with Crippen molar-refractivity contribution in [3.8, 4) is 11.3 Å². The topological polar surface area (TPSA) is 39.2 Å². The number of benzene rings is 1. The van der Waals surface area contributed by atoms with Crippen molar-refractivity contribution in [3.63, 3.8) is 0 Å². The van der Waals surface area contributed by atoms with Crippen LogP contribution in [0.1, 0.15) is 6.42 Å². The normalized spacial score (nSPS) is 18.9. The molecule has 1 saturated heterocycles.